The van der Waals surface area contributed by atoms with Crippen molar-refractivity contribution in [1.29, 1.82) is 0 Å². The van der Waals surface area contributed by atoms with Crippen LogP contribution >= 0.6 is 0 Å². The zero-order valence-corrected chi connectivity index (χ0v) is 12.5. The van der Waals surface area contributed by atoms with E-state index in [2.05, 4.69) is 5.32 Å². The Labute approximate surface area is 110 Å². The summed E-state index contributed by atoms with van der Waals surface area (Å²) in [6, 6.07) is -0.242. The van der Waals surface area contributed by atoms with Gasteiger partial charge in [-0.05, 0) is 26.2 Å². The van der Waals surface area contributed by atoms with Crippen molar-refractivity contribution < 1.29 is 9.18 Å². The molecule has 0 radical (unpaired) electrons. The summed E-state index contributed by atoms with van der Waals surface area (Å²) in [4.78, 5) is 13.7. The van der Waals surface area contributed by atoms with Gasteiger partial charge in [-0.3, -0.25) is 4.79 Å². The van der Waals surface area contributed by atoms with Gasteiger partial charge in [-0.1, -0.05) is 20.8 Å². The molecule has 18 heavy (non-hydrogen) atoms. The Morgan fingerprint density at radius 2 is 1.78 bits per heavy atom. The molecule has 0 aromatic heterocycles. The molecule has 1 rings (SSSR count). The lowest BCUT2D eigenvalue weighted by Crippen LogP contribution is -2.48. The Balaban J connectivity index is 2.56. The minimum absolute atomic E-state index is 0.0432. The van der Waals surface area contributed by atoms with Crippen LogP contribution in [0.15, 0.2) is 0 Å². The van der Waals surface area contributed by atoms with Gasteiger partial charge < -0.3 is 10.2 Å². The highest BCUT2D eigenvalue weighted by atomic mass is 19.1. The number of nitrogens with zero attached hydrogens (tertiary/aromatic N) is 1. The molecule has 1 amide bonds. The van der Waals surface area contributed by atoms with E-state index >= 15 is 0 Å². The van der Waals surface area contributed by atoms with E-state index in [9.17, 15) is 9.18 Å². The molecule has 106 valence electrons. The zero-order valence-electron chi connectivity index (χ0n) is 12.5. The van der Waals surface area contributed by atoms with Crippen molar-refractivity contribution >= 4 is 5.91 Å². The van der Waals surface area contributed by atoms with Crippen LogP contribution in [0.2, 0.25) is 0 Å². The largest absolute Gasteiger partial charge is 0.338 e. The lowest BCUT2D eigenvalue weighted by Gasteiger charge is -2.27. The smallest absolute Gasteiger partial charge is 0.223 e. The molecule has 1 aliphatic heterocycles. The van der Waals surface area contributed by atoms with Crippen LogP contribution in [-0.4, -0.2) is 41.6 Å². The van der Waals surface area contributed by atoms with Gasteiger partial charge in [0, 0.05) is 18.5 Å². The van der Waals surface area contributed by atoms with E-state index in [0.717, 1.165) is 0 Å². The SMILES string of the molecule is CC(C)(C)CC(=O)N1C[C@H](F)[C@H](NC(C)(C)C)C1. The number of amides is 1. The Morgan fingerprint density at radius 3 is 2.22 bits per heavy atom. The molecular weight excluding hydrogens is 231 g/mol. The first-order valence-electron chi connectivity index (χ1n) is 6.67. The van der Waals surface area contributed by atoms with Crippen LogP contribution in [0, 0.1) is 5.41 Å². The molecule has 3 nitrogen and oxygen atoms in total. The third kappa shape index (κ3) is 4.92. The molecule has 0 saturated carbocycles. The Kier molecular flexibility index (Phi) is 4.42. The standard InChI is InChI=1S/C14H27FN2O/c1-13(2,3)7-12(18)17-8-10(15)11(9-17)16-14(4,5)6/h10-11,16H,7-9H2,1-6H3/t10-,11+/m0/s1. The van der Waals surface area contributed by atoms with Crippen LogP contribution in [0.4, 0.5) is 4.39 Å². The summed E-state index contributed by atoms with van der Waals surface area (Å²) in [5.74, 6) is 0.0587. The third-order valence-electron chi connectivity index (χ3n) is 2.90. The van der Waals surface area contributed by atoms with Gasteiger partial charge in [0.05, 0.1) is 12.6 Å². The number of likely N-dealkylation sites (tertiary alicyclic amines) is 1. The lowest BCUT2D eigenvalue weighted by molar-refractivity contribution is -0.132. The van der Waals surface area contributed by atoms with Crippen molar-refractivity contribution in [3.8, 4) is 0 Å². The van der Waals surface area contributed by atoms with Gasteiger partial charge in [0.2, 0.25) is 5.91 Å². The topological polar surface area (TPSA) is 32.3 Å². The maximum atomic E-state index is 13.9. The normalized spacial score (nSPS) is 25.6. The average molecular weight is 258 g/mol. The van der Waals surface area contributed by atoms with Gasteiger partial charge in [0.25, 0.3) is 0 Å². The number of hydrogen-bond donors (Lipinski definition) is 1. The molecule has 0 aromatic rings. The number of nitrogens with one attached hydrogen (secondary N) is 1. The molecule has 1 saturated heterocycles. The maximum absolute atomic E-state index is 13.9. The van der Waals surface area contributed by atoms with Gasteiger partial charge in [0.1, 0.15) is 6.17 Å². The minimum Gasteiger partial charge on any atom is -0.338 e. The monoisotopic (exact) mass is 258 g/mol. The van der Waals surface area contributed by atoms with Crippen molar-refractivity contribution in [2.24, 2.45) is 5.41 Å². The molecule has 2 atom stereocenters. The maximum Gasteiger partial charge on any atom is 0.223 e. The van der Waals surface area contributed by atoms with Crippen LogP contribution in [0.25, 0.3) is 0 Å². The second kappa shape index (κ2) is 5.16. The summed E-state index contributed by atoms with van der Waals surface area (Å²) in [5, 5.41) is 3.25. The molecule has 0 aromatic carbocycles. The van der Waals surface area contributed by atoms with Gasteiger partial charge in [-0.15, -0.1) is 0 Å². The molecule has 1 N–H and O–H groups in total. The molecule has 1 heterocycles. The van der Waals surface area contributed by atoms with Gasteiger partial charge in [-0.2, -0.15) is 0 Å². The summed E-state index contributed by atoms with van der Waals surface area (Å²) in [5.41, 5.74) is -0.170. The van der Waals surface area contributed by atoms with E-state index in [-0.39, 0.29) is 29.4 Å². The number of carbonyl (C=O) groups is 1. The van der Waals surface area contributed by atoms with Crippen molar-refractivity contribution in [3.63, 3.8) is 0 Å². The minimum atomic E-state index is -0.965. The summed E-state index contributed by atoms with van der Waals surface area (Å²) < 4.78 is 13.9. The van der Waals surface area contributed by atoms with Crippen LogP contribution in [0.3, 0.4) is 0 Å². The number of alkyl halides is 1. The van der Waals surface area contributed by atoms with E-state index < -0.39 is 6.17 Å². The fraction of sp³-hybridized carbons (Fsp3) is 0.929. The molecule has 0 unspecified atom stereocenters. The van der Waals surface area contributed by atoms with E-state index in [1.807, 2.05) is 41.5 Å². The highest BCUT2D eigenvalue weighted by molar-refractivity contribution is 5.77. The van der Waals surface area contributed by atoms with E-state index in [1.54, 1.807) is 4.90 Å². The lowest BCUT2D eigenvalue weighted by atomic mass is 9.92. The molecule has 1 fully saturated rings. The molecule has 0 bridgehead atoms. The second-order valence-corrected chi connectivity index (χ2v) is 7.55. The molecule has 1 aliphatic rings. The van der Waals surface area contributed by atoms with Crippen molar-refractivity contribution in [3.05, 3.63) is 0 Å². The summed E-state index contributed by atoms with van der Waals surface area (Å²) in [7, 11) is 0. The number of rotatable bonds is 2. The van der Waals surface area contributed by atoms with Crippen molar-refractivity contribution in [2.45, 2.75) is 65.7 Å². The Hall–Kier alpha value is -0.640. The van der Waals surface area contributed by atoms with Gasteiger partial charge in [0.15, 0.2) is 0 Å². The fourth-order valence-electron chi connectivity index (χ4n) is 2.23. The van der Waals surface area contributed by atoms with Crippen molar-refractivity contribution in [2.75, 3.05) is 13.1 Å². The molecule has 0 spiro atoms. The number of hydrogen-bond acceptors (Lipinski definition) is 2. The first-order valence-corrected chi connectivity index (χ1v) is 6.67. The number of carbonyl (C=O) groups excluding carboxylic acids is 1. The first-order chi connectivity index (χ1) is 7.98. The number of halogens is 1. The molecule has 4 heteroatoms. The third-order valence-corrected chi connectivity index (χ3v) is 2.90. The average Bonchev–Trinajstić information content (AvgIpc) is 2.42. The summed E-state index contributed by atoms with van der Waals surface area (Å²) in [6.45, 7) is 12.8. The fourth-order valence-corrected chi connectivity index (χ4v) is 2.23. The summed E-state index contributed by atoms with van der Waals surface area (Å²) in [6.07, 6.45) is -0.491. The van der Waals surface area contributed by atoms with Crippen LogP contribution in [0.5, 0.6) is 0 Å². The predicted octanol–water partition coefficient (Wildman–Crippen LogP) is 2.36. The zero-order chi connectivity index (χ0) is 14.1. The van der Waals surface area contributed by atoms with Gasteiger partial charge >= 0.3 is 0 Å². The summed E-state index contributed by atoms with van der Waals surface area (Å²) >= 11 is 0. The quantitative estimate of drug-likeness (QED) is 0.824. The Morgan fingerprint density at radius 1 is 1.22 bits per heavy atom. The van der Waals surface area contributed by atoms with Gasteiger partial charge in [-0.25, -0.2) is 4.39 Å². The van der Waals surface area contributed by atoms with Crippen molar-refractivity contribution in [1.82, 2.24) is 10.2 Å². The Bertz CT molecular complexity index is 304. The molecular formula is C14H27FN2O. The first kappa shape index (κ1) is 15.4. The van der Waals surface area contributed by atoms with Crippen LogP contribution in [0.1, 0.15) is 48.0 Å². The van der Waals surface area contributed by atoms with E-state index in [1.165, 1.54) is 0 Å². The van der Waals surface area contributed by atoms with Crippen LogP contribution in [-0.2, 0) is 4.79 Å². The second-order valence-electron chi connectivity index (χ2n) is 7.55. The molecule has 0 aliphatic carbocycles. The highest BCUT2D eigenvalue weighted by Gasteiger charge is 2.37. The van der Waals surface area contributed by atoms with E-state index in [0.29, 0.717) is 13.0 Å². The predicted molar refractivity (Wildman–Crippen MR) is 72.2 cm³/mol. The van der Waals surface area contributed by atoms with Crippen LogP contribution < -0.4 is 5.32 Å². The van der Waals surface area contributed by atoms with E-state index in [4.69, 9.17) is 0 Å². The highest BCUT2D eigenvalue weighted by Crippen LogP contribution is 2.23.